The lowest BCUT2D eigenvalue weighted by Crippen LogP contribution is -2.37. The molecule has 1 saturated carbocycles. The molecule has 0 spiro atoms. The monoisotopic (exact) mass is 281 g/mol. The molecule has 5 nitrogen and oxygen atoms in total. The van der Waals surface area contributed by atoms with Gasteiger partial charge in [0.2, 0.25) is 5.91 Å². The average Bonchev–Trinajstić information content (AvgIpc) is 2.98. The number of aliphatic hydroxyl groups is 1. The molecule has 1 unspecified atom stereocenters. The highest BCUT2D eigenvalue weighted by atomic mass is 16.5. The van der Waals surface area contributed by atoms with E-state index < -0.39 is 6.10 Å². The minimum Gasteiger partial charge on any atom is -0.467 e. The van der Waals surface area contributed by atoms with E-state index in [1.165, 1.54) is 0 Å². The molecule has 1 aliphatic rings. The van der Waals surface area contributed by atoms with Crippen LogP contribution in [0, 0.1) is 5.92 Å². The molecule has 0 radical (unpaired) electrons. The van der Waals surface area contributed by atoms with Gasteiger partial charge in [0, 0.05) is 6.61 Å². The van der Waals surface area contributed by atoms with E-state index in [9.17, 15) is 4.79 Å². The predicted octanol–water partition coefficient (Wildman–Crippen LogP) is 1.85. The topological polar surface area (TPSA) is 71.7 Å². The molecule has 1 heterocycles. The number of rotatable bonds is 6. The number of ether oxygens (including phenoxy) is 1. The maximum atomic E-state index is 11.9. The minimum absolute atomic E-state index is 0.120. The van der Waals surface area contributed by atoms with Gasteiger partial charge >= 0.3 is 0 Å². The van der Waals surface area contributed by atoms with Crippen LogP contribution in [0.3, 0.4) is 0 Å². The number of carbonyl (C=O) groups is 1. The Morgan fingerprint density at radius 2 is 2.25 bits per heavy atom. The van der Waals surface area contributed by atoms with E-state index in [1.54, 1.807) is 19.3 Å². The molecule has 1 aliphatic carbocycles. The number of nitrogens with one attached hydrogen (secondary N) is 1. The van der Waals surface area contributed by atoms with Gasteiger partial charge in [-0.1, -0.05) is 0 Å². The molecular formula is C15H23NO4. The van der Waals surface area contributed by atoms with Crippen molar-refractivity contribution in [1.29, 1.82) is 0 Å². The second kappa shape index (κ2) is 7.45. The Labute approximate surface area is 119 Å². The molecule has 0 bridgehead atoms. The van der Waals surface area contributed by atoms with Gasteiger partial charge in [0.1, 0.15) is 11.9 Å². The molecule has 1 amide bonds. The van der Waals surface area contributed by atoms with E-state index in [0.717, 1.165) is 31.4 Å². The molecule has 2 N–H and O–H groups in total. The smallest absolute Gasteiger partial charge is 0.249 e. The Bertz CT molecular complexity index is 396. The molecule has 0 aliphatic heterocycles. The normalized spacial score (nSPS) is 24.3. The summed E-state index contributed by atoms with van der Waals surface area (Å²) in [5.41, 5.74) is 0. The molecule has 112 valence electrons. The molecular weight excluding hydrogens is 258 g/mol. The van der Waals surface area contributed by atoms with Crippen LogP contribution in [0.2, 0.25) is 0 Å². The maximum absolute atomic E-state index is 11.9. The maximum Gasteiger partial charge on any atom is 0.249 e. The van der Waals surface area contributed by atoms with Crippen molar-refractivity contribution in [2.45, 2.75) is 51.4 Å². The summed E-state index contributed by atoms with van der Waals surface area (Å²) in [6.45, 7) is 2.41. The molecule has 1 aromatic rings. The van der Waals surface area contributed by atoms with Crippen LogP contribution >= 0.6 is 0 Å². The Kier molecular flexibility index (Phi) is 5.61. The van der Waals surface area contributed by atoms with Crippen molar-refractivity contribution < 1.29 is 19.1 Å². The van der Waals surface area contributed by atoms with Crippen LogP contribution in [0.1, 0.15) is 38.4 Å². The Morgan fingerprint density at radius 3 is 2.85 bits per heavy atom. The third-order valence-corrected chi connectivity index (χ3v) is 3.83. The van der Waals surface area contributed by atoms with Gasteiger partial charge in [0.15, 0.2) is 0 Å². The zero-order chi connectivity index (χ0) is 14.4. The standard InChI is InChI=1S/C15H23NO4/c1-11(15(18)16-9-14-3-2-8-19-14)20-13-6-4-12(10-17)5-7-13/h2-3,8,11-13,17H,4-7,9-10H2,1H3,(H,16,18). The van der Waals surface area contributed by atoms with E-state index >= 15 is 0 Å². The second-order valence-corrected chi connectivity index (χ2v) is 5.40. The van der Waals surface area contributed by atoms with Gasteiger partial charge in [-0.3, -0.25) is 4.79 Å². The number of hydrogen-bond donors (Lipinski definition) is 2. The molecule has 1 fully saturated rings. The molecule has 1 aromatic heterocycles. The van der Waals surface area contributed by atoms with E-state index in [1.807, 2.05) is 6.07 Å². The van der Waals surface area contributed by atoms with Gasteiger partial charge < -0.3 is 19.6 Å². The fourth-order valence-corrected chi connectivity index (χ4v) is 2.53. The summed E-state index contributed by atoms with van der Waals surface area (Å²) in [6, 6.07) is 3.61. The van der Waals surface area contributed by atoms with E-state index in [0.29, 0.717) is 12.5 Å². The first-order chi connectivity index (χ1) is 9.69. The third kappa shape index (κ3) is 4.35. The van der Waals surface area contributed by atoms with E-state index in [2.05, 4.69) is 5.32 Å². The lowest BCUT2D eigenvalue weighted by atomic mass is 9.88. The second-order valence-electron chi connectivity index (χ2n) is 5.40. The number of hydrogen-bond acceptors (Lipinski definition) is 4. The number of aliphatic hydroxyl groups excluding tert-OH is 1. The number of amides is 1. The summed E-state index contributed by atoms with van der Waals surface area (Å²) in [4.78, 5) is 11.9. The lowest BCUT2D eigenvalue weighted by Gasteiger charge is -2.29. The van der Waals surface area contributed by atoms with E-state index in [-0.39, 0.29) is 18.6 Å². The molecule has 5 heteroatoms. The molecule has 1 atom stereocenters. The summed E-state index contributed by atoms with van der Waals surface area (Å²) in [5.74, 6) is 1.01. The van der Waals surface area contributed by atoms with Gasteiger partial charge in [0.25, 0.3) is 0 Å². The van der Waals surface area contributed by atoms with Crippen LogP contribution in [0.25, 0.3) is 0 Å². The predicted molar refractivity (Wildman–Crippen MR) is 73.9 cm³/mol. The van der Waals surface area contributed by atoms with Crippen LogP contribution in [0.5, 0.6) is 0 Å². The first-order valence-corrected chi connectivity index (χ1v) is 7.25. The van der Waals surface area contributed by atoms with Gasteiger partial charge in [0.05, 0.1) is 18.9 Å². The summed E-state index contributed by atoms with van der Waals surface area (Å²) < 4.78 is 11.0. The summed E-state index contributed by atoms with van der Waals surface area (Å²) in [7, 11) is 0. The van der Waals surface area contributed by atoms with Crippen molar-refractivity contribution in [1.82, 2.24) is 5.32 Å². The SMILES string of the molecule is CC(OC1CCC(CO)CC1)C(=O)NCc1ccco1. The number of furan rings is 1. The molecule has 0 saturated heterocycles. The van der Waals surface area contributed by atoms with Crippen molar-refractivity contribution in [3.05, 3.63) is 24.2 Å². The Morgan fingerprint density at radius 1 is 1.50 bits per heavy atom. The third-order valence-electron chi connectivity index (χ3n) is 3.83. The van der Waals surface area contributed by atoms with Crippen molar-refractivity contribution in [2.24, 2.45) is 5.92 Å². The minimum atomic E-state index is -0.458. The first-order valence-electron chi connectivity index (χ1n) is 7.25. The van der Waals surface area contributed by atoms with Crippen LogP contribution < -0.4 is 5.32 Å². The van der Waals surface area contributed by atoms with Crippen molar-refractivity contribution in [3.8, 4) is 0 Å². The van der Waals surface area contributed by atoms with Crippen molar-refractivity contribution >= 4 is 5.91 Å². The van der Waals surface area contributed by atoms with Crippen LogP contribution in [0.4, 0.5) is 0 Å². The fourth-order valence-electron chi connectivity index (χ4n) is 2.53. The highest BCUT2D eigenvalue weighted by Gasteiger charge is 2.24. The lowest BCUT2D eigenvalue weighted by molar-refractivity contribution is -0.137. The van der Waals surface area contributed by atoms with Gasteiger partial charge in [-0.15, -0.1) is 0 Å². The van der Waals surface area contributed by atoms with Crippen LogP contribution in [-0.2, 0) is 16.1 Å². The largest absolute Gasteiger partial charge is 0.467 e. The summed E-state index contributed by atoms with van der Waals surface area (Å²) in [5, 5.41) is 11.9. The zero-order valence-electron chi connectivity index (χ0n) is 11.9. The summed E-state index contributed by atoms with van der Waals surface area (Å²) in [6.07, 6.45) is 5.04. The molecule has 20 heavy (non-hydrogen) atoms. The first kappa shape index (κ1) is 15.1. The van der Waals surface area contributed by atoms with Gasteiger partial charge in [-0.05, 0) is 50.7 Å². The number of carbonyl (C=O) groups excluding carboxylic acids is 1. The van der Waals surface area contributed by atoms with Gasteiger partial charge in [-0.25, -0.2) is 0 Å². The van der Waals surface area contributed by atoms with Crippen molar-refractivity contribution in [2.75, 3.05) is 6.61 Å². The van der Waals surface area contributed by atoms with E-state index in [4.69, 9.17) is 14.3 Å². The Balaban J connectivity index is 1.68. The van der Waals surface area contributed by atoms with Crippen LogP contribution in [-0.4, -0.2) is 29.8 Å². The van der Waals surface area contributed by atoms with Crippen LogP contribution in [0.15, 0.2) is 22.8 Å². The van der Waals surface area contributed by atoms with Gasteiger partial charge in [-0.2, -0.15) is 0 Å². The zero-order valence-corrected chi connectivity index (χ0v) is 11.9. The quantitative estimate of drug-likeness (QED) is 0.834. The fraction of sp³-hybridized carbons (Fsp3) is 0.667. The summed E-state index contributed by atoms with van der Waals surface area (Å²) >= 11 is 0. The highest BCUT2D eigenvalue weighted by molar-refractivity contribution is 5.80. The Hall–Kier alpha value is -1.33. The molecule has 0 aromatic carbocycles. The molecule has 2 rings (SSSR count). The average molecular weight is 281 g/mol. The highest BCUT2D eigenvalue weighted by Crippen LogP contribution is 2.26. The van der Waals surface area contributed by atoms with Crippen molar-refractivity contribution in [3.63, 3.8) is 0 Å².